The highest BCUT2D eigenvalue weighted by atomic mass is 16.7. The molecule has 4 nitrogen and oxygen atoms in total. The molecule has 0 radical (unpaired) electrons. The number of ether oxygens (including phenoxy) is 2. The molecule has 4 heteroatoms. The molecule has 0 aromatic heterocycles. The molecule has 84 valence electrons. The lowest BCUT2D eigenvalue weighted by Gasteiger charge is -2.23. The summed E-state index contributed by atoms with van der Waals surface area (Å²) < 4.78 is 10.3. The quantitative estimate of drug-likeness (QED) is 0.412. The van der Waals surface area contributed by atoms with Crippen LogP contribution in [0.5, 0.6) is 0 Å². The van der Waals surface area contributed by atoms with E-state index >= 15 is 0 Å². The average Bonchev–Trinajstić information content (AvgIpc) is 2.30. The van der Waals surface area contributed by atoms with Gasteiger partial charge in [-0.15, -0.1) is 0 Å². The van der Waals surface area contributed by atoms with E-state index in [4.69, 9.17) is 15.3 Å². The summed E-state index contributed by atoms with van der Waals surface area (Å²) in [6.45, 7) is 0. The zero-order valence-electron chi connectivity index (χ0n) is 9.14. The molecule has 15 heavy (non-hydrogen) atoms. The Morgan fingerprint density at radius 3 is 2.27 bits per heavy atom. The third-order valence-corrected chi connectivity index (χ3v) is 2.31. The van der Waals surface area contributed by atoms with E-state index in [1.54, 1.807) is 14.2 Å². The highest BCUT2D eigenvalue weighted by molar-refractivity contribution is 5.16. The number of rotatable bonds is 6. The van der Waals surface area contributed by atoms with Crippen molar-refractivity contribution in [3.05, 3.63) is 35.9 Å². The molecule has 1 rings (SSSR count). The second kappa shape index (κ2) is 6.53. The maximum Gasteiger partial charge on any atom is 0.173 e. The number of nitrogens with two attached hydrogens (primary N) is 1. The molecule has 0 spiro atoms. The Bertz CT molecular complexity index is 263. The first-order chi connectivity index (χ1) is 7.31. The van der Waals surface area contributed by atoms with Gasteiger partial charge in [0.2, 0.25) is 0 Å². The Balaban J connectivity index is 2.61. The van der Waals surface area contributed by atoms with Gasteiger partial charge in [-0.05, 0) is 12.0 Å². The number of hydrazine groups is 1. The molecule has 1 unspecified atom stereocenters. The van der Waals surface area contributed by atoms with E-state index in [9.17, 15) is 0 Å². The fraction of sp³-hybridized carbons (Fsp3) is 0.455. The molecule has 0 saturated carbocycles. The van der Waals surface area contributed by atoms with E-state index in [0.29, 0.717) is 0 Å². The maximum absolute atomic E-state index is 5.46. The van der Waals surface area contributed by atoms with Crippen molar-refractivity contribution >= 4 is 0 Å². The monoisotopic (exact) mass is 210 g/mol. The van der Waals surface area contributed by atoms with Crippen molar-refractivity contribution in [3.8, 4) is 0 Å². The van der Waals surface area contributed by atoms with Gasteiger partial charge in [0.15, 0.2) is 6.29 Å². The average molecular weight is 210 g/mol. The fourth-order valence-corrected chi connectivity index (χ4v) is 1.53. The molecular weight excluding hydrogens is 192 g/mol. The van der Waals surface area contributed by atoms with Crippen LogP contribution in [0.1, 0.15) is 5.56 Å². The predicted molar refractivity (Wildman–Crippen MR) is 59.1 cm³/mol. The highest BCUT2D eigenvalue weighted by Crippen LogP contribution is 2.07. The minimum Gasteiger partial charge on any atom is -0.354 e. The summed E-state index contributed by atoms with van der Waals surface area (Å²) in [5.74, 6) is 5.46. The molecule has 0 aliphatic carbocycles. The SMILES string of the molecule is COC(OC)C(Cc1ccccc1)NN. The van der Waals surface area contributed by atoms with Crippen LogP contribution < -0.4 is 11.3 Å². The first-order valence-corrected chi connectivity index (χ1v) is 4.87. The van der Waals surface area contributed by atoms with E-state index < -0.39 is 0 Å². The van der Waals surface area contributed by atoms with Crippen molar-refractivity contribution in [2.75, 3.05) is 14.2 Å². The van der Waals surface area contributed by atoms with Crippen molar-refractivity contribution in [2.45, 2.75) is 18.8 Å². The molecular formula is C11H18N2O2. The van der Waals surface area contributed by atoms with E-state index in [0.717, 1.165) is 6.42 Å². The van der Waals surface area contributed by atoms with Crippen LogP contribution in [0, 0.1) is 0 Å². The first-order valence-electron chi connectivity index (χ1n) is 4.87. The Morgan fingerprint density at radius 1 is 1.20 bits per heavy atom. The molecule has 0 saturated heterocycles. The first kappa shape index (κ1) is 12.1. The molecule has 0 heterocycles. The zero-order valence-corrected chi connectivity index (χ0v) is 9.14. The van der Waals surface area contributed by atoms with Gasteiger partial charge in [-0.1, -0.05) is 30.3 Å². The molecule has 0 fully saturated rings. The van der Waals surface area contributed by atoms with Gasteiger partial charge >= 0.3 is 0 Å². The molecule has 0 amide bonds. The summed E-state index contributed by atoms with van der Waals surface area (Å²) in [5.41, 5.74) is 3.90. The second-order valence-electron chi connectivity index (χ2n) is 3.30. The van der Waals surface area contributed by atoms with Crippen molar-refractivity contribution in [1.82, 2.24) is 5.43 Å². The molecule has 0 aliphatic heterocycles. The third-order valence-electron chi connectivity index (χ3n) is 2.31. The molecule has 1 aromatic carbocycles. The van der Waals surface area contributed by atoms with Crippen LogP contribution >= 0.6 is 0 Å². The molecule has 1 aromatic rings. The van der Waals surface area contributed by atoms with E-state index in [2.05, 4.69) is 5.43 Å². The minimum absolute atomic E-state index is 0.0533. The Hall–Kier alpha value is -0.940. The van der Waals surface area contributed by atoms with E-state index in [-0.39, 0.29) is 12.3 Å². The summed E-state index contributed by atoms with van der Waals surface area (Å²) >= 11 is 0. The number of benzene rings is 1. The summed E-state index contributed by atoms with van der Waals surface area (Å²) in [6, 6.07) is 10.0. The van der Waals surface area contributed by atoms with Gasteiger partial charge in [-0.3, -0.25) is 11.3 Å². The van der Waals surface area contributed by atoms with Crippen molar-refractivity contribution in [1.29, 1.82) is 0 Å². The smallest absolute Gasteiger partial charge is 0.173 e. The Kier molecular flexibility index (Phi) is 5.28. The second-order valence-corrected chi connectivity index (χ2v) is 3.30. The molecule has 0 bridgehead atoms. The third kappa shape index (κ3) is 3.60. The van der Waals surface area contributed by atoms with Crippen molar-refractivity contribution in [3.63, 3.8) is 0 Å². The van der Waals surface area contributed by atoms with Gasteiger partial charge in [-0.25, -0.2) is 0 Å². The Morgan fingerprint density at radius 2 is 1.80 bits per heavy atom. The highest BCUT2D eigenvalue weighted by Gasteiger charge is 2.19. The normalized spacial score (nSPS) is 13.1. The summed E-state index contributed by atoms with van der Waals surface area (Å²) in [7, 11) is 3.20. The van der Waals surface area contributed by atoms with Crippen LogP contribution in [0.15, 0.2) is 30.3 Å². The van der Waals surface area contributed by atoms with Gasteiger partial charge in [-0.2, -0.15) is 0 Å². The largest absolute Gasteiger partial charge is 0.354 e. The van der Waals surface area contributed by atoms with Gasteiger partial charge in [0.25, 0.3) is 0 Å². The lowest BCUT2D eigenvalue weighted by molar-refractivity contribution is -0.122. The van der Waals surface area contributed by atoms with E-state index in [1.807, 2.05) is 30.3 Å². The predicted octanol–water partition coefficient (Wildman–Crippen LogP) is 0.680. The topological polar surface area (TPSA) is 56.5 Å². The fourth-order valence-electron chi connectivity index (χ4n) is 1.53. The number of methoxy groups -OCH3 is 2. The van der Waals surface area contributed by atoms with Gasteiger partial charge in [0.05, 0.1) is 6.04 Å². The lowest BCUT2D eigenvalue weighted by atomic mass is 10.1. The van der Waals surface area contributed by atoms with Crippen LogP contribution in [-0.2, 0) is 15.9 Å². The van der Waals surface area contributed by atoms with Crippen molar-refractivity contribution in [2.24, 2.45) is 5.84 Å². The lowest BCUT2D eigenvalue weighted by Crippen LogP contribution is -2.47. The maximum atomic E-state index is 5.46. The number of nitrogens with one attached hydrogen (secondary N) is 1. The summed E-state index contributed by atoms with van der Waals surface area (Å²) in [5, 5.41) is 0. The van der Waals surface area contributed by atoms with Crippen LogP contribution in [0.3, 0.4) is 0 Å². The van der Waals surface area contributed by atoms with Gasteiger partial charge in [0.1, 0.15) is 0 Å². The molecule has 3 N–H and O–H groups in total. The van der Waals surface area contributed by atoms with Crippen LogP contribution in [-0.4, -0.2) is 26.6 Å². The van der Waals surface area contributed by atoms with Crippen molar-refractivity contribution < 1.29 is 9.47 Å². The Labute approximate surface area is 90.3 Å². The van der Waals surface area contributed by atoms with Gasteiger partial charge < -0.3 is 9.47 Å². The zero-order chi connectivity index (χ0) is 11.1. The van der Waals surface area contributed by atoms with Crippen LogP contribution in [0.4, 0.5) is 0 Å². The number of hydrogen-bond acceptors (Lipinski definition) is 4. The molecule has 1 atom stereocenters. The minimum atomic E-state index is -0.338. The standard InChI is InChI=1S/C11H18N2O2/c1-14-11(15-2)10(13-12)8-9-6-4-3-5-7-9/h3-7,10-11,13H,8,12H2,1-2H3. The summed E-state index contributed by atoms with van der Waals surface area (Å²) in [4.78, 5) is 0. The van der Waals surface area contributed by atoms with E-state index in [1.165, 1.54) is 5.56 Å². The summed E-state index contributed by atoms with van der Waals surface area (Å²) in [6.07, 6.45) is 0.430. The molecule has 0 aliphatic rings. The number of hydrogen-bond donors (Lipinski definition) is 2. The van der Waals surface area contributed by atoms with Crippen LogP contribution in [0.2, 0.25) is 0 Å². The van der Waals surface area contributed by atoms with Crippen LogP contribution in [0.25, 0.3) is 0 Å². The van der Waals surface area contributed by atoms with Gasteiger partial charge in [0, 0.05) is 14.2 Å².